The standard InChI is InChI=1S/C17H14ClN3O3/c1-16(2)23-12-11(10-3-5-17(10,7-22)13(12)24-16)21-6-4-9-14(18)19-8-20-15(9)21/h4,6-8,10-13H,1-2H3/t10-,11-,12+,13+,17+/m1/s1. The molecule has 5 atom stereocenters. The van der Waals surface area contributed by atoms with Gasteiger partial charge in [-0.2, -0.15) is 0 Å². The highest BCUT2D eigenvalue weighted by molar-refractivity contribution is 6.33. The number of hydrogen-bond acceptors (Lipinski definition) is 5. The summed E-state index contributed by atoms with van der Waals surface area (Å²) in [7, 11) is 0. The van der Waals surface area contributed by atoms with Crippen LogP contribution in [0.15, 0.2) is 18.6 Å². The molecule has 7 heteroatoms. The van der Waals surface area contributed by atoms with Gasteiger partial charge < -0.3 is 18.8 Å². The van der Waals surface area contributed by atoms with E-state index >= 15 is 0 Å². The monoisotopic (exact) mass is 343 g/mol. The first kappa shape index (κ1) is 14.4. The summed E-state index contributed by atoms with van der Waals surface area (Å²) in [5, 5.41) is 1.17. The smallest absolute Gasteiger partial charge is 0.163 e. The average molecular weight is 344 g/mol. The van der Waals surface area contributed by atoms with Crippen LogP contribution < -0.4 is 0 Å². The van der Waals surface area contributed by atoms with E-state index in [1.54, 1.807) is 0 Å². The Bertz CT molecular complexity index is 943. The normalized spacial score (nSPS) is 38.1. The number of aromatic nitrogens is 3. The number of halogens is 1. The fourth-order valence-electron chi connectivity index (χ4n) is 4.21. The number of nitrogens with zero attached hydrogens (tertiary/aromatic N) is 3. The van der Waals surface area contributed by atoms with E-state index in [0.29, 0.717) is 10.8 Å². The second kappa shape index (κ2) is 4.37. The minimum atomic E-state index is -0.809. The van der Waals surface area contributed by atoms with E-state index < -0.39 is 11.2 Å². The molecule has 6 nitrogen and oxygen atoms in total. The third-order valence-electron chi connectivity index (χ3n) is 5.21. The third kappa shape index (κ3) is 1.57. The van der Waals surface area contributed by atoms with E-state index in [0.717, 1.165) is 11.7 Å². The lowest BCUT2D eigenvalue weighted by Crippen LogP contribution is -2.44. The van der Waals surface area contributed by atoms with Crippen molar-refractivity contribution in [2.75, 3.05) is 0 Å². The second-order valence-corrected chi connectivity index (χ2v) is 7.29. The van der Waals surface area contributed by atoms with Crippen LogP contribution in [0.3, 0.4) is 0 Å². The van der Waals surface area contributed by atoms with Gasteiger partial charge in [-0.3, -0.25) is 0 Å². The zero-order chi connectivity index (χ0) is 16.7. The Balaban J connectivity index is 1.69. The van der Waals surface area contributed by atoms with Crippen molar-refractivity contribution < 1.29 is 14.3 Å². The maximum atomic E-state index is 11.9. The predicted molar refractivity (Wildman–Crippen MR) is 85.2 cm³/mol. The maximum absolute atomic E-state index is 11.9. The molecule has 1 saturated heterocycles. The molecule has 0 unspecified atom stereocenters. The quantitative estimate of drug-likeness (QED) is 0.474. The molecule has 1 aliphatic heterocycles. The molecule has 5 rings (SSSR count). The highest BCUT2D eigenvalue weighted by atomic mass is 35.5. The molecule has 0 spiro atoms. The topological polar surface area (TPSA) is 66.2 Å². The number of fused-ring (bicyclic) bond motifs is 4. The molecule has 1 saturated carbocycles. The second-order valence-electron chi connectivity index (χ2n) is 6.93. The van der Waals surface area contributed by atoms with E-state index in [2.05, 4.69) is 21.8 Å². The lowest BCUT2D eigenvalue weighted by atomic mass is 9.71. The summed E-state index contributed by atoms with van der Waals surface area (Å²) in [6.07, 6.45) is 3.59. The minimum absolute atomic E-state index is 0.160. The van der Waals surface area contributed by atoms with Gasteiger partial charge in [-0.1, -0.05) is 23.4 Å². The number of carbonyl (C=O) groups excluding carboxylic acids is 1. The summed E-state index contributed by atoms with van der Waals surface area (Å²) in [4.78, 5) is 20.3. The van der Waals surface area contributed by atoms with Crippen molar-refractivity contribution in [2.45, 2.75) is 37.9 Å². The van der Waals surface area contributed by atoms with Crippen molar-refractivity contribution in [1.29, 1.82) is 0 Å². The molecule has 0 aromatic carbocycles. The van der Waals surface area contributed by atoms with Crippen molar-refractivity contribution in [3.8, 4) is 11.8 Å². The van der Waals surface area contributed by atoms with Gasteiger partial charge >= 0.3 is 0 Å². The Hall–Kier alpha value is -1.94. The van der Waals surface area contributed by atoms with E-state index in [1.165, 1.54) is 6.33 Å². The molecule has 3 heterocycles. The third-order valence-corrected chi connectivity index (χ3v) is 5.51. The van der Waals surface area contributed by atoms with Gasteiger partial charge in [0.1, 0.15) is 41.0 Å². The van der Waals surface area contributed by atoms with E-state index in [-0.39, 0.29) is 24.2 Å². The van der Waals surface area contributed by atoms with Crippen LogP contribution in [0, 0.1) is 23.2 Å². The molecule has 122 valence electrons. The number of rotatable bonds is 2. The lowest BCUT2D eigenvalue weighted by molar-refractivity contribution is -0.170. The zero-order valence-corrected chi connectivity index (χ0v) is 13.8. The van der Waals surface area contributed by atoms with E-state index in [9.17, 15) is 4.79 Å². The van der Waals surface area contributed by atoms with Crippen LogP contribution >= 0.6 is 11.6 Å². The molecule has 24 heavy (non-hydrogen) atoms. The molecule has 2 aromatic heterocycles. The zero-order valence-electron chi connectivity index (χ0n) is 13.1. The molecule has 0 bridgehead atoms. The number of ether oxygens (including phenoxy) is 2. The van der Waals surface area contributed by atoms with Crippen molar-refractivity contribution in [3.63, 3.8) is 0 Å². The Labute approximate surface area is 143 Å². The fourth-order valence-corrected chi connectivity index (χ4v) is 4.40. The van der Waals surface area contributed by atoms with Gasteiger partial charge in [0.05, 0.1) is 17.3 Å². The Morgan fingerprint density at radius 2 is 2.21 bits per heavy atom. The summed E-state index contributed by atoms with van der Waals surface area (Å²) >= 11 is 6.16. The van der Waals surface area contributed by atoms with Crippen LogP contribution in [0.25, 0.3) is 11.0 Å². The Kier molecular flexibility index (Phi) is 2.62. The van der Waals surface area contributed by atoms with Crippen molar-refractivity contribution in [3.05, 3.63) is 23.7 Å². The molecule has 2 aromatic rings. The first-order chi connectivity index (χ1) is 11.5. The maximum Gasteiger partial charge on any atom is 0.163 e. The largest absolute Gasteiger partial charge is 0.342 e. The Morgan fingerprint density at radius 1 is 1.38 bits per heavy atom. The first-order valence-corrected chi connectivity index (χ1v) is 8.16. The van der Waals surface area contributed by atoms with E-state index in [1.807, 2.05) is 30.7 Å². The fraction of sp³-hybridized carbons (Fsp3) is 0.471. The molecule has 0 amide bonds. The summed E-state index contributed by atoms with van der Waals surface area (Å²) in [5.41, 5.74) is -0.0984. The van der Waals surface area contributed by atoms with Crippen LogP contribution in [-0.2, 0) is 14.3 Å². The van der Waals surface area contributed by atoms with Crippen LogP contribution in [0.2, 0.25) is 5.15 Å². The average Bonchev–Trinajstić information content (AvgIpc) is 3.10. The van der Waals surface area contributed by atoms with Gasteiger partial charge in [0.25, 0.3) is 0 Å². The lowest BCUT2D eigenvalue weighted by Gasteiger charge is -2.35. The number of hydrogen-bond donors (Lipinski definition) is 0. The van der Waals surface area contributed by atoms with Gasteiger partial charge in [-0.25, -0.2) is 9.97 Å². The van der Waals surface area contributed by atoms with Gasteiger partial charge in [0.15, 0.2) is 5.79 Å². The number of carbonyl (C=O) groups is 1. The van der Waals surface area contributed by atoms with Crippen LogP contribution in [-0.4, -0.2) is 38.8 Å². The highest BCUT2D eigenvalue weighted by Gasteiger charge is 2.69. The predicted octanol–water partition coefficient (Wildman–Crippen LogP) is 1.98. The molecular weight excluding hydrogens is 330 g/mol. The molecule has 0 radical (unpaired) electrons. The highest BCUT2D eigenvalue weighted by Crippen LogP contribution is 2.59. The summed E-state index contributed by atoms with van der Waals surface area (Å²) in [6.45, 7) is 3.71. The van der Waals surface area contributed by atoms with Gasteiger partial charge in [-0.15, -0.1) is 0 Å². The van der Waals surface area contributed by atoms with E-state index in [4.69, 9.17) is 21.1 Å². The van der Waals surface area contributed by atoms with Gasteiger partial charge in [0.2, 0.25) is 0 Å². The summed E-state index contributed by atoms with van der Waals surface area (Å²) in [5.74, 6) is 5.26. The SMILES string of the molecule is CC1(C)O[C@H]2[C@H](n3ccc4c(Cl)ncnc43)[C@H]3C#C[C@@]3(C=O)[C@H]2O1. The van der Waals surface area contributed by atoms with Gasteiger partial charge in [-0.05, 0) is 19.9 Å². The Morgan fingerprint density at radius 3 is 2.92 bits per heavy atom. The van der Waals surface area contributed by atoms with Crippen molar-refractivity contribution in [1.82, 2.24) is 14.5 Å². The van der Waals surface area contributed by atoms with Crippen LogP contribution in [0.4, 0.5) is 0 Å². The summed E-state index contributed by atoms with van der Waals surface area (Å²) < 4.78 is 14.2. The molecule has 3 aliphatic rings. The van der Waals surface area contributed by atoms with Crippen LogP contribution in [0.1, 0.15) is 19.9 Å². The van der Waals surface area contributed by atoms with Crippen molar-refractivity contribution >= 4 is 28.9 Å². The first-order valence-electron chi connectivity index (χ1n) is 7.78. The van der Waals surface area contributed by atoms with Crippen molar-refractivity contribution in [2.24, 2.45) is 11.3 Å². The molecule has 2 fully saturated rings. The minimum Gasteiger partial charge on any atom is -0.342 e. The molecular formula is C17H14ClN3O3. The summed E-state index contributed by atoms with van der Waals surface area (Å²) in [6, 6.07) is 1.72. The molecule has 0 N–H and O–H groups in total. The number of aldehydes is 1. The molecule has 2 aliphatic carbocycles. The van der Waals surface area contributed by atoms with Gasteiger partial charge in [0, 0.05) is 6.20 Å². The van der Waals surface area contributed by atoms with Crippen LogP contribution in [0.5, 0.6) is 0 Å².